The van der Waals surface area contributed by atoms with Gasteiger partial charge >= 0.3 is 0 Å². The predicted molar refractivity (Wildman–Crippen MR) is 69.5 cm³/mol. The lowest BCUT2D eigenvalue weighted by Crippen LogP contribution is -1.92. The molecule has 0 aliphatic heterocycles. The summed E-state index contributed by atoms with van der Waals surface area (Å²) in [5, 5.41) is 7.89. The van der Waals surface area contributed by atoms with Gasteiger partial charge in [0.05, 0.1) is 5.52 Å². The maximum absolute atomic E-state index is 4.26. The summed E-state index contributed by atoms with van der Waals surface area (Å²) >= 11 is 0. The van der Waals surface area contributed by atoms with Crippen LogP contribution >= 0.6 is 0 Å². The molecule has 0 aliphatic carbocycles. The second kappa shape index (κ2) is 7.74. The summed E-state index contributed by atoms with van der Waals surface area (Å²) in [6.45, 7) is 11.9. The molecule has 0 unspecified atom stereocenters. The van der Waals surface area contributed by atoms with Gasteiger partial charge < -0.3 is 0 Å². The van der Waals surface area contributed by atoms with E-state index in [0.29, 0.717) is 5.82 Å². The number of aromatic nitrogens is 3. The lowest BCUT2D eigenvalue weighted by atomic mass is 10.2. The SMILES string of the molecule is CC.CC.Cc1ccc2nnc(C)nc2c1. The molecule has 0 atom stereocenters. The average molecular weight is 219 g/mol. The fourth-order valence-electron chi connectivity index (χ4n) is 1.13. The van der Waals surface area contributed by atoms with E-state index in [9.17, 15) is 0 Å². The quantitative estimate of drug-likeness (QED) is 0.678. The van der Waals surface area contributed by atoms with E-state index in [1.807, 2.05) is 59.7 Å². The largest absolute Gasteiger partial charge is 0.230 e. The van der Waals surface area contributed by atoms with Crippen LogP contribution in [0.2, 0.25) is 0 Å². The third-order valence-electron chi connectivity index (χ3n) is 1.72. The van der Waals surface area contributed by atoms with E-state index in [1.165, 1.54) is 5.56 Å². The maximum atomic E-state index is 4.26. The van der Waals surface area contributed by atoms with Gasteiger partial charge in [0.1, 0.15) is 11.3 Å². The minimum atomic E-state index is 0.716. The van der Waals surface area contributed by atoms with Gasteiger partial charge in [0, 0.05) is 0 Å². The Morgan fingerprint density at radius 1 is 0.812 bits per heavy atom. The predicted octanol–water partition coefficient (Wildman–Crippen LogP) is 3.69. The van der Waals surface area contributed by atoms with Crippen molar-refractivity contribution in [3.63, 3.8) is 0 Å². The van der Waals surface area contributed by atoms with Crippen LogP contribution in [0.5, 0.6) is 0 Å². The highest BCUT2D eigenvalue weighted by atomic mass is 15.1. The molecule has 0 radical (unpaired) electrons. The molecule has 88 valence electrons. The minimum absolute atomic E-state index is 0.716. The lowest BCUT2D eigenvalue weighted by Gasteiger charge is -1.96. The average Bonchev–Trinajstić information content (AvgIpc) is 2.33. The van der Waals surface area contributed by atoms with Crippen LogP contribution in [-0.4, -0.2) is 15.2 Å². The summed E-state index contributed by atoms with van der Waals surface area (Å²) in [7, 11) is 0. The zero-order chi connectivity index (χ0) is 12.6. The summed E-state index contributed by atoms with van der Waals surface area (Å²) in [5.41, 5.74) is 2.97. The van der Waals surface area contributed by atoms with Crippen LogP contribution in [0.1, 0.15) is 39.1 Å². The Balaban J connectivity index is 0.000000509. The van der Waals surface area contributed by atoms with Crippen molar-refractivity contribution in [3.05, 3.63) is 29.6 Å². The van der Waals surface area contributed by atoms with E-state index in [0.717, 1.165) is 11.0 Å². The van der Waals surface area contributed by atoms with Crippen molar-refractivity contribution in [2.75, 3.05) is 0 Å². The molecule has 16 heavy (non-hydrogen) atoms. The molecule has 0 amide bonds. The Morgan fingerprint density at radius 2 is 1.44 bits per heavy atom. The van der Waals surface area contributed by atoms with Crippen LogP contribution in [-0.2, 0) is 0 Å². The highest BCUT2D eigenvalue weighted by molar-refractivity contribution is 5.73. The van der Waals surface area contributed by atoms with Gasteiger partial charge in [0.2, 0.25) is 0 Å². The van der Waals surface area contributed by atoms with E-state index in [-0.39, 0.29) is 0 Å². The molecule has 0 saturated heterocycles. The zero-order valence-electron chi connectivity index (χ0n) is 11.1. The third-order valence-corrected chi connectivity index (χ3v) is 1.72. The van der Waals surface area contributed by atoms with Crippen LogP contribution in [0.25, 0.3) is 11.0 Å². The summed E-state index contributed by atoms with van der Waals surface area (Å²) in [5.74, 6) is 0.716. The Labute approximate surface area is 97.9 Å². The van der Waals surface area contributed by atoms with E-state index >= 15 is 0 Å². The number of rotatable bonds is 0. The van der Waals surface area contributed by atoms with Crippen molar-refractivity contribution in [1.29, 1.82) is 0 Å². The second-order valence-corrected chi connectivity index (χ2v) is 2.85. The molecule has 0 fully saturated rings. The standard InChI is InChI=1S/C9H9N3.2C2H6/c1-6-3-4-8-9(5-6)10-7(2)11-12-8;2*1-2/h3-5H,1-2H3;2*1-2H3. The van der Waals surface area contributed by atoms with Crippen molar-refractivity contribution in [3.8, 4) is 0 Å². The lowest BCUT2D eigenvalue weighted by molar-refractivity contribution is 0.951. The number of hydrogen-bond donors (Lipinski definition) is 0. The molecule has 1 heterocycles. The molecule has 0 saturated carbocycles. The van der Waals surface area contributed by atoms with Gasteiger partial charge in [-0.25, -0.2) is 4.98 Å². The molecule has 3 nitrogen and oxygen atoms in total. The van der Waals surface area contributed by atoms with Gasteiger partial charge in [0.25, 0.3) is 0 Å². The van der Waals surface area contributed by atoms with Gasteiger partial charge in [-0.1, -0.05) is 33.8 Å². The molecule has 0 aliphatic rings. The molecule has 0 bridgehead atoms. The highest BCUT2D eigenvalue weighted by Crippen LogP contribution is 2.09. The van der Waals surface area contributed by atoms with E-state index in [4.69, 9.17) is 0 Å². The van der Waals surface area contributed by atoms with Gasteiger partial charge in [-0.2, -0.15) is 0 Å². The van der Waals surface area contributed by atoms with E-state index in [2.05, 4.69) is 15.2 Å². The highest BCUT2D eigenvalue weighted by Gasteiger charge is 1.96. The number of benzene rings is 1. The van der Waals surface area contributed by atoms with Crippen molar-refractivity contribution < 1.29 is 0 Å². The third kappa shape index (κ3) is 3.93. The first-order valence-electron chi connectivity index (χ1n) is 5.83. The van der Waals surface area contributed by atoms with Crippen LogP contribution < -0.4 is 0 Å². The first-order valence-corrected chi connectivity index (χ1v) is 5.83. The number of nitrogens with zero attached hydrogens (tertiary/aromatic N) is 3. The molecule has 1 aromatic heterocycles. The fourth-order valence-corrected chi connectivity index (χ4v) is 1.13. The van der Waals surface area contributed by atoms with Crippen molar-refractivity contribution >= 4 is 11.0 Å². The number of hydrogen-bond acceptors (Lipinski definition) is 3. The summed E-state index contributed by atoms with van der Waals surface area (Å²) in [4.78, 5) is 4.26. The summed E-state index contributed by atoms with van der Waals surface area (Å²) in [6.07, 6.45) is 0. The minimum Gasteiger partial charge on any atom is -0.230 e. The van der Waals surface area contributed by atoms with Crippen molar-refractivity contribution in [2.45, 2.75) is 41.5 Å². The second-order valence-electron chi connectivity index (χ2n) is 2.85. The van der Waals surface area contributed by atoms with Crippen LogP contribution in [0, 0.1) is 13.8 Å². The monoisotopic (exact) mass is 219 g/mol. The summed E-state index contributed by atoms with van der Waals surface area (Å²) < 4.78 is 0. The molecule has 2 rings (SSSR count). The van der Waals surface area contributed by atoms with E-state index in [1.54, 1.807) is 0 Å². The van der Waals surface area contributed by atoms with E-state index < -0.39 is 0 Å². The molecular weight excluding hydrogens is 198 g/mol. The molecule has 0 spiro atoms. The van der Waals surface area contributed by atoms with Gasteiger partial charge in [-0.15, -0.1) is 10.2 Å². The Kier molecular flexibility index (Phi) is 7.01. The number of fused-ring (bicyclic) bond motifs is 1. The first-order chi connectivity index (χ1) is 7.75. The zero-order valence-corrected chi connectivity index (χ0v) is 11.1. The van der Waals surface area contributed by atoms with Crippen LogP contribution in [0.15, 0.2) is 18.2 Å². The number of aryl methyl sites for hydroxylation is 2. The Morgan fingerprint density at radius 3 is 2.06 bits per heavy atom. The smallest absolute Gasteiger partial charge is 0.148 e. The maximum Gasteiger partial charge on any atom is 0.148 e. The molecule has 2 aromatic rings. The molecule has 3 heteroatoms. The van der Waals surface area contributed by atoms with Crippen molar-refractivity contribution in [2.24, 2.45) is 0 Å². The Bertz CT molecular complexity index is 388. The van der Waals surface area contributed by atoms with Crippen molar-refractivity contribution in [1.82, 2.24) is 15.2 Å². The van der Waals surface area contributed by atoms with Gasteiger partial charge in [0.15, 0.2) is 0 Å². The first kappa shape index (κ1) is 14.5. The van der Waals surface area contributed by atoms with Gasteiger partial charge in [-0.3, -0.25) is 0 Å². The van der Waals surface area contributed by atoms with Crippen LogP contribution in [0.4, 0.5) is 0 Å². The normalized spacial score (nSPS) is 8.62. The molecule has 0 N–H and O–H groups in total. The topological polar surface area (TPSA) is 38.7 Å². The fraction of sp³-hybridized carbons (Fsp3) is 0.462. The molecular formula is C13H21N3. The van der Waals surface area contributed by atoms with Gasteiger partial charge in [-0.05, 0) is 31.5 Å². The summed E-state index contributed by atoms with van der Waals surface area (Å²) in [6, 6.07) is 5.95. The Hall–Kier alpha value is -1.51. The molecule has 1 aromatic carbocycles. The van der Waals surface area contributed by atoms with Crippen LogP contribution in [0.3, 0.4) is 0 Å².